The Bertz CT molecular complexity index is 1130. The summed E-state index contributed by atoms with van der Waals surface area (Å²) in [6, 6.07) is 20.7. The first-order valence-electron chi connectivity index (χ1n) is 10.7. The van der Waals surface area contributed by atoms with Crippen molar-refractivity contribution in [1.82, 2.24) is 5.32 Å². The summed E-state index contributed by atoms with van der Waals surface area (Å²) in [5.74, 6) is 0.545. The lowest BCUT2D eigenvalue weighted by atomic mass is 10.1. The molecule has 176 valence electrons. The molecular weight excluding hydrogens is 436 g/mol. The standard InChI is InChI=1S/C26H26N2O6/c1-3-33-26(31)34-22-14-10-19(11-15-22)25(30)28-21-12-8-18(9-13-21)17-27-24(29)16-20-6-4-5-7-23(20)32-2/h4-15H,3,16-17H2,1-2H3,(H,27,29)(H,28,30). The van der Waals surface area contributed by atoms with Gasteiger partial charge in [0.25, 0.3) is 5.91 Å². The summed E-state index contributed by atoms with van der Waals surface area (Å²) in [5, 5.41) is 5.69. The Morgan fingerprint density at radius 2 is 1.59 bits per heavy atom. The molecule has 0 atom stereocenters. The molecule has 3 rings (SSSR count). The number of carbonyl (C=O) groups excluding carboxylic acids is 3. The molecule has 0 spiro atoms. The average Bonchev–Trinajstić information content (AvgIpc) is 2.84. The molecule has 8 nitrogen and oxygen atoms in total. The highest BCUT2D eigenvalue weighted by Crippen LogP contribution is 2.18. The van der Waals surface area contributed by atoms with Crippen molar-refractivity contribution < 1.29 is 28.6 Å². The Morgan fingerprint density at radius 1 is 0.882 bits per heavy atom. The fraction of sp³-hybridized carbons (Fsp3) is 0.192. The molecule has 0 saturated heterocycles. The van der Waals surface area contributed by atoms with Gasteiger partial charge in [-0.3, -0.25) is 9.59 Å². The second kappa shape index (κ2) is 12.1. The van der Waals surface area contributed by atoms with E-state index in [4.69, 9.17) is 14.2 Å². The molecule has 0 bridgehead atoms. The van der Waals surface area contributed by atoms with Crippen LogP contribution in [0.15, 0.2) is 72.8 Å². The van der Waals surface area contributed by atoms with Crippen molar-refractivity contribution in [2.45, 2.75) is 19.9 Å². The summed E-state index contributed by atoms with van der Waals surface area (Å²) in [6.45, 7) is 2.26. The molecule has 34 heavy (non-hydrogen) atoms. The van der Waals surface area contributed by atoms with Crippen molar-refractivity contribution >= 4 is 23.7 Å². The van der Waals surface area contributed by atoms with E-state index < -0.39 is 6.16 Å². The van der Waals surface area contributed by atoms with Crippen LogP contribution in [0.2, 0.25) is 0 Å². The number of hydrogen-bond acceptors (Lipinski definition) is 6. The minimum Gasteiger partial charge on any atom is -0.496 e. The zero-order valence-corrected chi connectivity index (χ0v) is 19.0. The van der Waals surface area contributed by atoms with Crippen molar-refractivity contribution in [3.05, 3.63) is 89.5 Å². The Morgan fingerprint density at radius 3 is 2.26 bits per heavy atom. The van der Waals surface area contributed by atoms with Crippen LogP contribution in [0.5, 0.6) is 11.5 Å². The molecule has 0 radical (unpaired) electrons. The number of para-hydroxylation sites is 1. The van der Waals surface area contributed by atoms with Crippen molar-refractivity contribution in [2.75, 3.05) is 19.0 Å². The molecule has 3 aromatic carbocycles. The number of nitrogens with one attached hydrogen (secondary N) is 2. The monoisotopic (exact) mass is 462 g/mol. The maximum Gasteiger partial charge on any atom is 0.513 e. The number of carbonyl (C=O) groups is 3. The van der Waals surface area contributed by atoms with Gasteiger partial charge in [0.2, 0.25) is 5.91 Å². The summed E-state index contributed by atoms with van der Waals surface area (Å²) < 4.78 is 15.0. The average molecular weight is 463 g/mol. The highest BCUT2D eigenvalue weighted by atomic mass is 16.7. The smallest absolute Gasteiger partial charge is 0.496 e. The van der Waals surface area contributed by atoms with Crippen LogP contribution < -0.4 is 20.1 Å². The molecule has 0 heterocycles. The third-order valence-electron chi connectivity index (χ3n) is 4.82. The van der Waals surface area contributed by atoms with E-state index in [-0.39, 0.29) is 30.6 Å². The van der Waals surface area contributed by atoms with Crippen LogP contribution in [0.1, 0.15) is 28.4 Å². The third-order valence-corrected chi connectivity index (χ3v) is 4.82. The minimum atomic E-state index is -0.796. The van der Waals surface area contributed by atoms with Crippen LogP contribution in [-0.2, 0) is 22.5 Å². The molecule has 0 aliphatic carbocycles. The molecule has 8 heteroatoms. The van der Waals surface area contributed by atoms with E-state index in [2.05, 4.69) is 10.6 Å². The van der Waals surface area contributed by atoms with Gasteiger partial charge >= 0.3 is 6.16 Å². The number of ether oxygens (including phenoxy) is 3. The molecule has 0 aliphatic heterocycles. The Balaban J connectivity index is 1.49. The fourth-order valence-corrected chi connectivity index (χ4v) is 3.11. The number of anilines is 1. The van der Waals surface area contributed by atoms with Gasteiger partial charge in [0.05, 0.1) is 20.1 Å². The lowest BCUT2D eigenvalue weighted by molar-refractivity contribution is -0.120. The molecule has 2 amide bonds. The summed E-state index contributed by atoms with van der Waals surface area (Å²) >= 11 is 0. The van der Waals surface area contributed by atoms with Crippen LogP contribution in [0.25, 0.3) is 0 Å². The van der Waals surface area contributed by atoms with Crippen LogP contribution in [0.4, 0.5) is 10.5 Å². The second-order valence-electron chi connectivity index (χ2n) is 7.23. The number of hydrogen-bond donors (Lipinski definition) is 2. The zero-order valence-electron chi connectivity index (χ0n) is 19.0. The van der Waals surface area contributed by atoms with E-state index in [0.717, 1.165) is 11.1 Å². The largest absolute Gasteiger partial charge is 0.513 e. The van der Waals surface area contributed by atoms with Gasteiger partial charge in [0.15, 0.2) is 0 Å². The van der Waals surface area contributed by atoms with Crippen molar-refractivity contribution in [2.24, 2.45) is 0 Å². The molecular formula is C26H26N2O6. The van der Waals surface area contributed by atoms with Crippen LogP contribution in [0, 0.1) is 0 Å². The number of rotatable bonds is 9. The maximum atomic E-state index is 12.5. The molecule has 0 unspecified atom stereocenters. The second-order valence-corrected chi connectivity index (χ2v) is 7.23. The van der Waals surface area contributed by atoms with Crippen molar-refractivity contribution in [1.29, 1.82) is 0 Å². The van der Waals surface area contributed by atoms with E-state index >= 15 is 0 Å². The predicted octanol–water partition coefficient (Wildman–Crippen LogP) is 4.34. The molecule has 0 fully saturated rings. The van der Waals surface area contributed by atoms with Crippen molar-refractivity contribution in [3.8, 4) is 11.5 Å². The molecule has 3 aromatic rings. The number of benzene rings is 3. The van der Waals surface area contributed by atoms with Crippen LogP contribution in [-0.4, -0.2) is 31.7 Å². The quantitative estimate of drug-likeness (QED) is 0.362. The first-order valence-corrected chi connectivity index (χ1v) is 10.7. The van der Waals surface area contributed by atoms with Gasteiger partial charge in [-0.2, -0.15) is 0 Å². The van der Waals surface area contributed by atoms with E-state index in [1.165, 1.54) is 12.1 Å². The van der Waals surface area contributed by atoms with E-state index in [1.807, 2.05) is 36.4 Å². The highest BCUT2D eigenvalue weighted by molar-refractivity contribution is 6.04. The molecule has 0 saturated carbocycles. The Kier molecular flexibility index (Phi) is 8.62. The Labute approximate surface area is 197 Å². The van der Waals surface area contributed by atoms with Gasteiger partial charge in [-0.1, -0.05) is 30.3 Å². The third kappa shape index (κ3) is 7.09. The van der Waals surface area contributed by atoms with E-state index in [1.54, 1.807) is 38.3 Å². The lowest BCUT2D eigenvalue weighted by Gasteiger charge is -2.10. The number of methoxy groups -OCH3 is 1. The van der Waals surface area contributed by atoms with Crippen LogP contribution >= 0.6 is 0 Å². The first kappa shape index (κ1) is 24.3. The van der Waals surface area contributed by atoms with Gasteiger partial charge in [0.1, 0.15) is 11.5 Å². The summed E-state index contributed by atoms with van der Waals surface area (Å²) in [5.41, 5.74) is 2.73. The highest BCUT2D eigenvalue weighted by Gasteiger charge is 2.10. The van der Waals surface area contributed by atoms with Gasteiger partial charge in [-0.05, 0) is 55.0 Å². The molecule has 2 N–H and O–H groups in total. The van der Waals surface area contributed by atoms with Crippen LogP contribution in [0.3, 0.4) is 0 Å². The maximum absolute atomic E-state index is 12.5. The van der Waals surface area contributed by atoms with E-state index in [0.29, 0.717) is 23.5 Å². The van der Waals surface area contributed by atoms with Gasteiger partial charge in [-0.25, -0.2) is 4.79 Å². The van der Waals surface area contributed by atoms with Gasteiger partial charge in [0, 0.05) is 23.4 Å². The van der Waals surface area contributed by atoms with Gasteiger partial charge in [-0.15, -0.1) is 0 Å². The Hall–Kier alpha value is -4.33. The normalized spacial score (nSPS) is 10.2. The first-order chi connectivity index (χ1) is 16.5. The fourth-order valence-electron chi connectivity index (χ4n) is 3.11. The summed E-state index contributed by atoms with van der Waals surface area (Å²) in [6.07, 6.45) is -0.572. The van der Waals surface area contributed by atoms with Gasteiger partial charge < -0.3 is 24.8 Å². The SMILES string of the molecule is CCOC(=O)Oc1ccc(C(=O)Nc2ccc(CNC(=O)Cc3ccccc3OC)cc2)cc1. The van der Waals surface area contributed by atoms with E-state index in [9.17, 15) is 14.4 Å². The minimum absolute atomic E-state index is 0.114. The topological polar surface area (TPSA) is 103 Å². The number of amides is 2. The lowest BCUT2D eigenvalue weighted by Crippen LogP contribution is -2.24. The molecule has 0 aliphatic rings. The summed E-state index contributed by atoms with van der Waals surface area (Å²) in [7, 11) is 1.58. The summed E-state index contributed by atoms with van der Waals surface area (Å²) in [4.78, 5) is 36.1. The van der Waals surface area contributed by atoms with Crippen molar-refractivity contribution in [3.63, 3.8) is 0 Å². The predicted molar refractivity (Wildman–Crippen MR) is 127 cm³/mol. The molecule has 0 aromatic heterocycles. The zero-order chi connectivity index (χ0) is 24.3.